The molecule has 3 rings (SSSR count). The number of carbonyl (C=O) groups excluding carboxylic acids is 2. The maximum Gasteiger partial charge on any atom is 0.338 e. The summed E-state index contributed by atoms with van der Waals surface area (Å²) in [5, 5.41) is 4.74. The predicted molar refractivity (Wildman–Crippen MR) is 109 cm³/mol. The third-order valence-electron chi connectivity index (χ3n) is 4.04. The summed E-state index contributed by atoms with van der Waals surface area (Å²) < 4.78 is 10.5. The Hall–Kier alpha value is -2.76. The summed E-state index contributed by atoms with van der Waals surface area (Å²) in [6.07, 6.45) is 0. The lowest BCUT2D eigenvalue weighted by molar-refractivity contribution is -0.123. The molecule has 5 nitrogen and oxygen atoms in total. The molecule has 0 aromatic heterocycles. The minimum Gasteiger partial charge on any atom is -0.483 e. The van der Waals surface area contributed by atoms with Gasteiger partial charge in [0.05, 0.1) is 17.7 Å². The van der Waals surface area contributed by atoms with Crippen molar-refractivity contribution in [1.82, 2.24) is 5.32 Å². The van der Waals surface area contributed by atoms with Crippen molar-refractivity contribution in [3.63, 3.8) is 0 Å². The molecular formula is C21H17Cl2NO4. The summed E-state index contributed by atoms with van der Waals surface area (Å²) in [6, 6.07) is 15.9. The fourth-order valence-corrected chi connectivity index (χ4v) is 3.33. The van der Waals surface area contributed by atoms with Gasteiger partial charge in [0.2, 0.25) is 0 Å². The van der Waals surface area contributed by atoms with Crippen LogP contribution in [0.25, 0.3) is 10.8 Å². The molecule has 0 aliphatic rings. The molecule has 0 aliphatic heterocycles. The second kappa shape index (κ2) is 8.95. The maximum atomic E-state index is 12.2. The molecule has 0 saturated heterocycles. The summed E-state index contributed by atoms with van der Waals surface area (Å²) in [7, 11) is 1.29. The Bertz CT molecular complexity index is 1020. The highest BCUT2D eigenvalue weighted by Crippen LogP contribution is 2.36. The minimum atomic E-state index is -0.531. The molecule has 3 aromatic carbocycles. The smallest absolute Gasteiger partial charge is 0.338 e. The van der Waals surface area contributed by atoms with E-state index in [1.165, 1.54) is 13.2 Å². The first-order chi connectivity index (χ1) is 13.5. The number of esters is 1. The van der Waals surface area contributed by atoms with E-state index in [1.807, 2.05) is 30.3 Å². The van der Waals surface area contributed by atoms with Crippen molar-refractivity contribution in [2.24, 2.45) is 0 Å². The average molecular weight is 418 g/mol. The fraction of sp³-hybridized carbons (Fsp3) is 0.143. The number of fused-ring (bicyclic) bond motifs is 1. The van der Waals surface area contributed by atoms with Gasteiger partial charge < -0.3 is 14.8 Å². The van der Waals surface area contributed by atoms with Gasteiger partial charge in [-0.1, -0.05) is 53.5 Å². The molecule has 1 N–H and O–H groups in total. The first-order valence-electron chi connectivity index (χ1n) is 8.42. The molecule has 0 unspecified atom stereocenters. The number of carbonyl (C=O) groups is 2. The highest BCUT2D eigenvalue weighted by Gasteiger charge is 2.15. The van der Waals surface area contributed by atoms with Gasteiger partial charge in [-0.15, -0.1) is 0 Å². The van der Waals surface area contributed by atoms with E-state index in [-0.39, 0.29) is 18.1 Å². The number of methoxy groups -OCH3 is 1. The first kappa shape index (κ1) is 20.0. The van der Waals surface area contributed by atoms with E-state index in [0.717, 1.165) is 5.56 Å². The van der Waals surface area contributed by atoms with Crippen LogP contribution in [0.1, 0.15) is 15.9 Å². The summed E-state index contributed by atoms with van der Waals surface area (Å²) >= 11 is 12.4. The largest absolute Gasteiger partial charge is 0.483 e. The van der Waals surface area contributed by atoms with Crippen molar-refractivity contribution in [3.05, 3.63) is 75.8 Å². The maximum absolute atomic E-state index is 12.2. The Labute approximate surface area is 172 Å². The standard InChI is InChI=1S/C21H17Cl2NO4/c1-27-21(26)15-7-14-8-16(22)10-17(23)20(14)18(9-15)28-12-19(25)24-11-13-5-3-2-4-6-13/h2-10H,11-12H2,1H3,(H,24,25). The van der Waals surface area contributed by atoms with Gasteiger partial charge in [0, 0.05) is 17.0 Å². The zero-order valence-corrected chi connectivity index (χ0v) is 16.5. The van der Waals surface area contributed by atoms with Crippen molar-refractivity contribution < 1.29 is 19.1 Å². The molecule has 0 saturated carbocycles. The second-order valence-corrected chi connectivity index (χ2v) is 6.85. The molecule has 3 aromatic rings. The molecule has 1 amide bonds. The predicted octanol–water partition coefficient (Wildman–Crippen LogP) is 4.63. The topological polar surface area (TPSA) is 64.6 Å². The molecule has 144 valence electrons. The van der Waals surface area contributed by atoms with Gasteiger partial charge in [-0.2, -0.15) is 0 Å². The molecule has 0 atom stereocenters. The quantitative estimate of drug-likeness (QED) is 0.593. The Morgan fingerprint density at radius 1 is 1.04 bits per heavy atom. The van der Waals surface area contributed by atoms with Gasteiger partial charge in [-0.3, -0.25) is 4.79 Å². The molecule has 0 heterocycles. The van der Waals surface area contributed by atoms with Crippen molar-refractivity contribution >= 4 is 45.9 Å². The molecule has 7 heteroatoms. The minimum absolute atomic E-state index is 0.231. The molecule has 0 spiro atoms. The van der Waals surface area contributed by atoms with Gasteiger partial charge in [0.15, 0.2) is 6.61 Å². The van der Waals surface area contributed by atoms with E-state index < -0.39 is 5.97 Å². The lowest BCUT2D eigenvalue weighted by Gasteiger charge is -2.13. The van der Waals surface area contributed by atoms with E-state index in [9.17, 15) is 9.59 Å². The highest BCUT2D eigenvalue weighted by molar-refractivity contribution is 6.39. The average Bonchev–Trinajstić information content (AvgIpc) is 2.69. The lowest BCUT2D eigenvalue weighted by Crippen LogP contribution is -2.28. The number of amides is 1. The van der Waals surface area contributed by atoms with Gasteiger partial charge in [-0.25, -0.2) is 4.79 Å². The third-order valence-corrected chi connectivity index (χ3v) is 4.56. The normalized spacial score (nSPS) is 10.5. The molecule has 0 radical (unpaired) electrons. The summed E-state index contributed by atoms with van der Waals surface area (Å²) in [4.78, 5) is 24.1. The van der Waals surface area contributed by atoms with Crippen LogP contribution < -0.4 is 10.1 Å². The van der Waals surface area contributed by atoms with E-state index in [0.29, 0.717) is 33.1 Å². The molecule has 0 fully saturated rings. The van der Waals surface area contributed by atoms with E-state index in [1.54, 1.807) is 18.2 Å². The van der Waals surface area contributed by atoms with Crippen LogP contribution in [0, 0.1) is 0 Å². The van der Waals surface area contributed by atoms with Crippen molar-refractivity contribution in [2.75, 3.05) is 13.7 Å². The van der Waals surface area contributed by atoms with Gasteiger partial charge in [-0.05, 0) is 35.2 Å². The van der Waals surface area contributed by atoms with E-state index >= 15 is 0 Å². The Balaban J connectivity index is 1.80. The van der Waals surface area contributed by atoms with Crippen LogP contribution in [0.2, 0.25) is 10.0 Å². The molecule has 0 bridgehead atoms. The van der Waals surface area contributed by atoms with Crippen LogP contribution in [0.3, 0.4) is 0 Å². The van der Waals surface area contributed by atoms with Gasteiger partial charge in [0.1, 0.15) is 5.75 Å². The summed E-state index contributed by atoms with van der Waals surface area (Å²) in [6.45, 7) is 0.161. The second-order valence-electron chi connectivity index (χ2n) is 6.00. The Kier molecular flexibility index (Phi) is 6.39. The van der Waals surface area contributed by atoms with Crippen molar-refractivity contribution in [3.8, 4) is 5.75 Å². The van der Waals surface area contributed by atoms with Crippen molar-refractivity contribution in [1.29, 1.82) is 0 Å². The highest BCUT2D eigenvalue weighted by atomic mass is 35.5. The third kappa shape index (κ3) is 4.74. The van der Waals surface area contributed by atoms with Crippen molar-refractivity contribution in [2.45, 2.75) is 6.54 Å². The summed E-state index contributed by atoms with van der Waals surface area (Å²) in [5.41, 5.74) is 1.25. The van der Waals surface area contributed by atoms with Gasteiger partial charge in [0.25, 0.3) is 5.91 Å². The summed E-state index contributed by atoms with van der Waals surface area (Å²) in [5.74, 6) is -0.531. The monoisotopic (exact) mass is 417 g/mol. The van der Waals surface area contributed by atoms with Crippen LogP contribution in [-0.4, -0.2) is 25.6 Å². The van der Waals surface area contributed by atoms with E-state index in [2.05, 4.69) is 5.32 Å². The van der Waals surface area contributed by atoms with E-state index in [4.69, 9.17) is 32.7 Å². The number of hydrogen-bond acceptors (Lipinski definition) is 4. The first-order valence-corrected chi connectivity index (χ1v) is 9.18. The molecule has 0 aliphatic carbocycles. The number of halogens is 2. The number of ether oxygens (including phenoxy) is 2. The van der Waals surface area contributed by atoms with Crippen LogP contribution in [-0.2, 0) is 16.1 Å². The Morgan fingerprint density at radius 2 is 1.79 bits per heavy atom. The number of hydrogen-bond donors (Lipinski definition) is 1. The van der Waals surface area contributed by atoms with Crippen LogP contribution in [0.5, 0.6) is 5.75 Å². The number of rotatable bonds is 6. The molecular weight excluding hydrogens is 401 g/mol. The number of nitrogens with one attached hydrogen (secondary N) is 1. The van der Waals surface area contributed by atoms with Crippen LogP contribution in [0.4, 0.5) is 0 Å². The fourth-order valence-electron chi connectivity index (χ4n) is 2.73. The SMILES string of the molecule is COC(=O)c1cc(OCC(=O)NCc2ccccc2)c2c(Cl)cc(Cl)cc2c1. The molecule has 28 heavy (non-hydrogen) atoms. The van der Waals surface area contributed by atoms with Gasteiger partial charge >= 0.3 is 5.97 Å². The Morgan fingerprint density at radius 3 is 2.50 bits per heavy atom. The number of benzene rings is 3. The lowest BCUT2D eigenvalue weighted by atomic mass is 10.1. The van der Waals surface area contributed by atoms with Crippen LogP contribution >= 0.6 is 23.2 Å². The zero-order valence-electron chi connectivity index (χ0n) is 15.0. The van der Waals surface area contributed by atoms with Crippen LogP contribution in [0.15, 0.2) is 54.6 Å². The zero-order chi connectivity index (χ0) is 20.1.